The summed E-state index contributed by atoms with van der Waals surface area (Å²) in [7, 11) is 0. The van der Waals surface area contributed by atoms with Gasteiger partial charge >= 0.3 is 0 Å². The minimum absolute atomic E-state index is 0.309. The second-order valence-corrected chi connectivity index (χ2v) is 29.2. The van der Waals surface area contributed by atoms with E-state index >= 15 is 0 Å². The summed E-state index contributed by atoms with van der Waals surface area (Å²) in [5.41, 5.74) is 3.81. The molecule has 4 saturated carbocycles. The highest BCUT2D eigenvalue weighted by atomic mass is 15.3. The molecule has 0 bridgehead atoms. The molecule has 0 radical (unpaired) electrons. The summed E-state index contributed by atoms with van der Waals surface area (Å²) < 4.78 is 0. The minimum atomic E-state index is 0.309. The van der Waals surface area contributed by atoms with E-state index in [1.165, 1.54) is 103 Å². The molecule has 0 aromatic carbocycles. The van der Waals surface area contributed by atoms with Crippen molar-refractivity contribution in [1.82, 2.24) is 9.80 Å². The Morgan fingerprint density at radius 1 is 0.483 bits per heavy atom. The average molecular weight is 823 g/mol. The number of allylic oxidation sites excluding steroid dienone is 2. The molecule has 340 valence electrons. The lowest BCUT2D eigenvalue weighted by atomic mass is 9.17. The van der Waals surface area contributed by atoms with Gasteiger partial charge in [0, 0.05) is 36.3 Å². The number of hydrogen-bond acceptors (Lipinski definition) is 2. The van der Waals surface area contributed by atoms with Gasteiger partial charge in [-0.2, -0.15) is 0 Å². The van der Waals surface area contributed by atoms with Crippen molar-refractivity contribution in [3.05, 3.63) is 23.8 Å². The summed E-state index contributed by atoms with van der Waals surface area (Å²) in [5, 5.41) is 0. The molecule has 6 aliphatic carbocycles. The Kier molecular flexibility index (Phi) is 12.6. The zero-order valence-electron chi connectivity index (χ0n) is 42.8. The fourth-order valence-corrected chi connectivity index (χ4v) is 16.9. The molecule has 8 aliphatic rings. The molecule has 14 atom stereocenters. The molecule has 2 heterocycles. The van der Waals surface area contributed by atoms with Crippen LogP contribution in [0, 0.1) is 68.5 Å². The maximum absolute atomic E-state index is 3.43. The van der Waals surface area contributed by atoms with Gasteiger partial charge in [-0.3, -0.25) is 9.80 Å². The van der Waals surface area contributed by atoms with E-state index in [1.54, 1.807) is 0 Å². The largest absolute Gasteiger partial charge is 0.295 e. The van der Waals surface area contributed by atoms with Crippen LogP contribution in [0.5, 0.6) is 0 Å². The van der Waals surface area contributed by atoms with Gasteiger partial charge in [0.25, 0.3) is 0 Å². The van der Waals surface area contributed by atoms with Gasteiger partial charge in [0.1, 0.15) is 0 Å². The minimum Gasteiger partial charge on any atom is -0.295 e. The summed E-state index contributed by atoms with van der Waals surface area (Å²) in [6, 6.07) is 4.45. The molecule has 0 N–H and O–H groups in total. The summed E-state index contributed by atoms with van der Waals surface area (Å²) >= 11 is 0. The van der Waals surface area contributed by atoms with Gasteiger partial charge in [0.2, 0.25) is 0 Å². The van der Waals surface area contributed by atoms with Crippen molar-refractivity contribution in [2.45, 2.75) is 267 Å². The van der Waals surface area contributed by atoms with Crippen molar-refractivity contribution in [3.63, 3.8) is 0 Å². The Labute approximate surface area is 374 Å². The van der Waals surface area contributed by atoms with Crippen molar-refractivity contribution in [1.29, 1.82) is 0 Å². The lowest BCUT2D eigenvalue weighted by molar-refractivity contribution is -0.0749. The van der Waals surface area contributed by atoms with Crippen molar-refractivity contribution < 1.29 is 0 Å². The Morgan fingerprint density at radius 2 is 0.983 bits per heavy atom. The highest BCUT2D eigenvalue weighted by molar-refractivity contribution is 6.65. The van der Waals surface area contributed by atoms with Gasteiger partial charge in [-0.05, 0) is 176 Å². The summed E-state index contributed by atoms with van der Waals surface area (Å²) in [6.45, 7) is 41.9. The van der Waals surface area contributed by atoms with E-state index in [0.29, 0.717) is 45.0 Å². The SMILES string of the molecule is CC1CC2C3B(C4CC(C(C)(C)C)CCC4N2C2CCC(C(C)(C)C)CC2)C2CC(C(C)(C)C)CCC2N(C2C=CC(C(C)(C)C)CC2C2=CCC(C(C)(C)C)CC2)C3C1. The average Bonchev–Trinajstić information content (AvgIpc) is 3.15. The van der Waals surface area contributed by atoms with Gasteiger partial charge in [0.05, 0.1) is 0 Å². The molecule has 3 heteroatoms. The fraction of sp³-hybridized carbons (Fsp3) is 0.930. The highest BCUT2D eigenvalue weighted by Crippen LogP contribution is 2.65. The van der Waals surface area contributed by atoms with Gasteiger partial charge in [0.15, 0.2) is 6.71 Å². The molecular weight excluding hydrogens is 723 g/mol. The zero-order chi connectivity index (χ0) is 43.5. The Hall–Kier alpha value is -0.535. The third-order valence-corrected chi connectivity index (χ3v) is 20.7. The van der Waals surface area contributed by atoms with Crippen LogP contribution in [0.2, 0.25) is 17.5 Å². The monoisotopic (exact) mass is 823 g/mol. The predicted molar refractivity (Wildman–Crippen MR) is 262 cm³/mol. The van der Waals surface area contributed by atoms with Gasteiger partial charge in [-0.25, -0.2) is 0 Å². The standard InChI is InChI=1S/C57H99BN2/c1-36-31-50-52-51(32-36)60(47-28-23-40(55(8,9)10)33-44(47)37-17-19-38(20-18-37)53(2,3)4)49-30-25-42(57(14,15)16)35-46(49)58(52)45-34-41(56(11,12)13)24-29-48(45)59(50)43-26-21-39(22-27-43)54(5,6)7/h17,23,28,36,38-52H,18-22,24-27,29-35H2,1-16H3. The van der Waals surface area contributed by atoms with Crippen LogP contribution < -0.4 is 0 Å². The third kappa shape index (κ3) is 8.78. The van der Waals surface area contributed by atoms with E-state index in [4.69, 9.17) is 0 Å². The first-order chi connectivity index (χ1) is 27.8. The molecule has 0 aromatic rings. The van der Waals surface area contributed by atoms with E-state index in [-0.39, 0.29) is 0 Å². The predicted octanol–water partition coefficient (Wildman–Crippen LogP) is 15.8. The second kappa shape index (κ2) is 16.4. The maximum atomic E-state index is 3.43. The van der Waals surface area contributed by atoms with Crippen LogP contribution >= 0.6 is 0 Å². The van der Waals surface area contributed by atoms with Crippen LogP contribution in [-0.4, -0.2) is 52.8 Å². The molecule has 8 rings (SSSR count). The summed E-state index contributed by atoms with van der Waals surface area (Å²) in [4.78, 5) is 6.86. The molecule has 60 heavy (non-hydrogen) atoms. The zero-order valence-corrected chi connectivity index (χ0v) is 42.8. The van der Waals surface area contributed by atoms with Crippen LogP contribution in [0.4, 0.5) is 0 Å². The van der Waals surface area contributed by atoms with Crippen LogP contribution in [0.25, 0.3) is 0 Å². The molecule has 2 aliphatic heterocycles. The van der Waals surface area contributed by atoms with Gasteiger partial charge in [-0.1, -0.05) is 147 Å². The fourth-order valence-electron chi connectivity index (χ4n) is 16.9. The first-order valence-corrected chi connectivity index (χ1v) is 26.7. The third-order valence-electron chi connectivity index (χ3n) is 20.7. The van der Waals surface area contributed by atoms with Crippen LogP contribution in [0.1, 0.15) is 214 Å². The molecular formula is C57H99BN2. The van der Waals surface area contributed by atoms with Crippen LogP contribution in [0.15, 0.2) is 23.8 Å². The molecule has 0 spiro atoms. The van der Waals surface area contributed by atoms with Gasteiger partial charge < -0.3 is 0 Å². The highest BCUT2D eigenvalue weighted by Gasteiger charge is 2.66. The van der Waals surface area contributed by atoms with E-state index in [1.807, 2.05) is 5.57 Å². The van der Waals surface area contributed by atoms with Crippen LogP contribution in [-0.2, 0) is 0 Å². The smallest absolute Gasteiger partial charge is 0.156 e. The summed E-state index contributed by atoms with van der Waals surface area (Å²) in [6.07, 6.45) is 31.4. The second-order valence-electron chi connectivity index (χ2n) is 29.2. The first-order valence-electron chi connectivity index (χ1n) is 26.7. The maximum Gasteiger partial charge on any atom is 0.156 e. The summed E-state index contributed by atoms with van der Waals surface area (Å²) in [5.74, 6) is 8.13. The number of rotatable bonds is 3. The molecule has 0 amide bonds. The molecule has 6 fully saturated rings. The normalized spacial score (nSPS) is 43.8. The van der Waals surface area contributed by atoms with Crippen molar-refractivity contribution >= 4 is 6.71 Å². The number of fused-ring (bicyclic) bond motifs is 4. The lowest BCUT2D eigenvalue weighted by Crippen LogP contribution is -2.75. The molecule has 0 aromatic heterocycles. The van der Waals surface area contributed by atoms with E-state index in [0.717, 1.165) is 84.0 Å². The lowest BCUT2D eigenvalue weighted by Gasteiger charge is -2.70. The van der Waals surface area contributed by atoms with E-state index in [9.17, 15) is 0 Å². The Morgan fingerprint density at radius 3 is 1.47 bits per heavy atom. The number of hydrogen-bond donors (Lipinski definition) is 0. The van der Waals surface area contributed by atoms with Crippen LogP contribution in [0.3, 0.4) is 0 Å². The Bertz CT molecular complexity index is 1550. The van der Waals surface area contributed by atoms with Crippen molar-refractivity contribution in [2.24, 2.45) is 68.5 Å². The van der Waals surface area contributed by atoms with E-state index in [2.05, 4.69) is 139 Å². The molecule has 14 unspecified atom stereocenters. The quantitative estimate of drug-likeness (QED) is 0.207. The number of nitrogens with zero attached hydrogens (tertiary/aromatic N) is 2. The van der Waals surface area contributed by atoms with E-state index < -0.39 is 0 Å². The molecule has 2 nitrogen and oxygen atoms in total. The Balaban J connectivity index is 1.24. The van der Waals surface area contributed by atoms with Crippen molar-refractivity contribution in [2.75, 3.05) is 0 Å². The topological polar surface area (TPSA) is 6.48 Å². The van der Waals surface area contributed by atoms with Gasteiger partial charge in [-0.15, -0.1) is 0 Å². The molecule has 2 saturated heterocycles. The van der Waals surface area contributed by atoms with Crippen molar-refractivity contribution in [3.8, 4) is 0 Å². The first kappa shape index (κ1) is 46.0.